The standard InChI is InChI=1S/C10H13N3O2S/c14-10(15)9-7-1-2-11-3-8(7)12-13(9)6-4-16-5-6/h6,11H,1-5H2,(H,14,15). The summed E-state index contributed by atoms with van der Waals surface area (Å²) in [4.78, 5) is 11.3. The molecule has 2 aliphatic rings. The van der Waals surface area contributed by atoms with Gasteiger partial charge in [0.1, 0.15) is 5.69 Å². The zero-order valence-electron chi connectivity index (χ0n) is 8.77. The van der Waals surface area contributed by atoms with E-state index in [0.717, 1.165) is 35.7 Å². The van der Waals surface area contributed by atoms with Gasteiger partial charge in [-0.25, -0.2) is 4.79 Å². The van der Waals surface area contributed by atoms with Gasteiger partial charge in [0.25, 0.3) is 0 Å². The van der Waals surface area contributed by atoms with Crippen molar-refractivity contribution in [3.8, 4) is 0 Å². The molecule has 3 rings (SSSR count). The Labute approximate surface area is 97.2 Å². The van der Waals surface area contributed by atoms with Crippen molar-refractivity contribution in [1.29, 1.82) is 0 Å². The van der Waals surface area contributed by atoms with Crippen molar-refractivity contribution in [1.82, 2.24) is 15.1 Å². The SMILES string of the molecule is O=C(O)c1c2c(nn1C1CSC1)CNCC2. The molecule has 5 nitrogen and oxygen atoms in total. The summed E-state index contributed by atoms with van der Waals surface area (Å²) in [5.74, 6) is 1.12. The quantitative estimate of drug-likeness (QED) is 0.787. The van der Waals surface area contributed by atoms with E-state index in [2.05, 4.69) is 10.4 Å². The fourth-order valence-corrected chi connectivity index (χ4v) is 2.92. The minimum absolute atomic E-state index is 0.279. The van der Waals surface area contributed by atoms with Crippen molar-refractivity contribution in [3.63, 3.8) is 0 Å². The van der Waals surface area contributed by atoms with E-state index in [1.807, 2.05) is 11.8 Å². The molecule has 0 unspecified atom stereocenters. The maximum Gasteiger partial charge on any atom is 0.354 e. The number of rotatable bonds is 2. The van der Waals surface area contributed by atoms with Gasteiger partial charge in [-0.3, -0.25) is 4.68 Å². The van der Waals surface area contributed by atoms with E-state index in [1.54, 1.807) is 4.68 Å². The number of hydrogen-bond acceptors (Lipinski definition) is 4. The lowest BCUT2D eigenvalue weighted by molar-refractivity contribution is 0.0680. The Morgan fingerprint density at radius 3 is 3.00 bits per heavy atom. The Morgan fingerprint density at radius 1 is 1.56 bits per heavy atom. The number of hydrogen-bond donors (Lipinski definition) is 2. The molecule has 0 atom stereocenters. The van der Waals surface area contributed by atoms with Crippen LogP contribution in [-0.2, 0) is 13.0 Å². The fourth-order valence-electron chi connectivity index (χ4n) is 2.20. The van der Waals surface area contributed by atoms with Crippen molar-refractivity contribution < 1.29 is 9.90 Å². The second kappa shape index (κ2) is 3.78. The van der Waals surface area contributed by atoms with E-state index in [4.69, 9.17) is 0 Å². The highest BCUT2D eigenvalue weighted by Crippen LogP contribution is 2.32. The predicted octanol–water partition coefficient (Wildman–Crippen LogP) is 0.515. The number of nitrogens with zero attached hydrogens (tertiary/aromatic N) is 2. The van der Waals surface area contributed by atoms with Crippen LogP contribution in [0.25, 0.3) is 0 Å². The average molecular weight is 239 g/mol. The smallest absolute Gasteiger partial charge is 0.354 e. The molecule has 0 aliphatic carbocycles. The first kappa shape index (κ1) is 10.2. The number of thioether (sulfide) groups is 1. The highest BCUT2D eigenvalue weighted by Gasteiger charge is 2.31. The topological polar surface area (TPSA) is 67.1 Å². The van der Waals surface area contributed by atoms with Crippen LogP contribution in [0.15, 0.2) is 0 Å². The third kappa shape index (κ3) is 1.44. The van der Waals surface area contributed by atoms with Crippen molar-refractivity contribution in [2.75, 3.05) is 18.1 Å². The van der Waals surface area contributed by atoms with Gasteiger partial charge < -0.3 is 10.4 Å². The second-order valence-corrected chi connectivity index (χ2v) is 5.22. The van der Waals surface area contributed by atoms with Crippen LogP contribution < -0.4 is 5.32 Å². The van der Waals surface area contributed by atoms with Crippen molar-refractivity contribution in [3.05, 3.63) is 17.0 Å². The number of carboxylic acid groups (broad SMARTS) is 1. The van der Waals surface area contributed by atoms with E-state index in [1.165, 1.54) is 0 Å². The summed E-state index contributed by atoms with van der Waals surface area (Å²) < 4.78 is 1.73. The minimum atomic E-state index is -0.840. The lowest BCUT2D eigenvalue weighted by Crippen LogP contribution is -2.27. The first-order chi connectivity index (χ1) is 7.77. The summed E-state index contributed by atoms with van der Waals surface area (Å²) in [5, 5.41) is 17.0. The Kier molecular flexibility index (Phi) is 2.40. The molecule has 6 heteroatoms. The molecule has 86 valence electrons. The van der Waals surface area contributed by atoms with Crippen LogP contribution in [0, 0.1) is 0 Å². The lowest BCUT2D eigenvalue weighted by Gasteiger charge is -2.26. The monoisotopic (exact) mass is 239 g/mol. The van der Waals surface area contributed by atoms with E-state index in [-0.39, 0.29) is 6.04 Å². The van der Waals surface area contributed by atoms with Crippen LogP contribution in [0.4, 0.5) is 0 Å². The Hall–Kier alpha value is -1.01. The molecule has 1 fully saturated rings. The molecular weight excluding hydrogens is 226 g/mol. The van der Waals surface area contributed by atoms with Crippen LogP contribution in [-0.4, -0.2) is 38.9 Å². The van der Waals surface area contributed by atoms with Crippen LogP contribution in [0.1, 0.15) is 27.8 Å². The molecule has 0 aromatic carbocycles. The normalized spacial score (nSPS) is 20.2. The third-order valence-corrected chi connectivity index (χ3v) is 4.35. The maximum absolute atomic E-state index is 11.3. The highest BCUT2D eigenvalue weighted by molar-refractivity contribution is 8.00. The molecule has 2 aliphatic heterocycles. The summed E-state index contributed by atoms with van der Waals surface area (Å²) in [6, 6.07) is 0.279. The van der Waals surface area contributed by atoms with Gasteiger partial charge in [0.15, 0.2) is 0 Å². The van der Waals surface area contributed by atoms with Crippen molar-refractivity contribution in [2.24, 2.45) is 0 Å². The largest absolute Gasteiger partial charge is 0.477 e. The van der Waals surface area contributed by atoms with Crippen LogP contribution >= 0.6 is 11.8 Å². The Morgan fingerprint density at radius 2 is 2.38 bits per heavy atom. The van der Waals surface area contributed by atoms with Gasteiger partial charge in [-0.05, 0) is 13.0 Å². The molecule has 1 aromatic rings. The molecule has 2 N–H and O–H groups in total. The fraction of sp³-hybridized carbons (Fsp3) is 0.600. The van der Waals surface area contributed by atoms with Gasteiger partial charge in [0, 0.05) is 23.6 Å². The zero-order chi connectivity index (χ0) is 11.1. The van der Waals surface area contributed by atoms with Crippen LogP contribution in [0.2, 0.25) is 0 Å². The van der Waals surface area contributed by atoms with E-state index in [9.17, 15) is 9.90 Å². The van der Waals surface area contributed by atoms with Gasteiger partial charge in [-0.2, -0.15) is 16.9 Å². The molecule has 0 spiro atoms. The molecule has 0 bridgehead atoms. The first-order valence-corrected chi connectivity index (χ1v) is 6.55. The summed E-state index contributed by atoms with van der Waals surface area (Å²) in [5.41, 5.74) is 2.27. The van der Waals surface area contributed by atoms with Crippen LogP contribution in [0.3, 0.4) is 0 Å². The number of aromatic nitrogens is 2. The minimum Gasteiger partial charge on any atom is -0.477 e. The maximum atomic E-state index is 11.3. The lowest BCUT2D eigenvalue weighted by atomic mass is 10.1. The second-order valence-electron chi connectivity index (χ2n) is 4.14. The van der Waals surface area contributed by atoms with E-state index >= 15 is 0 Å². The van der Waals surface area contributed by atoms with Gasteiger partial charge in [-0.1, -0.05) is 0 Å². The number of fused-ring (bicyclic) bond motifs is 1. The number of carbonyl (C=O) groups is 1. The van der Waals surface area contributed by atoms with E-state index in [0.29, 0.717) is 12.2 Å². The first-order valence-electron chi connectivity index (χ1n) is 5.39. The van der Waals surface area contributed by atoms with Gasteiger partial charge in [0.05, 0.1) is 11.7 Å². The number of nitrogens with one attached hydrogen (secondary N) is 1. The zero-order valence-corrected chi connectivity index (χ0v) is 9.59. The molecule has 0 saturated carbocycles. The van der Waals surface area contributed by atoms with Crippen LogP contribution in [0.5, 0.6) is 0 Å². The molecule has 1 aromatic heterocycles. The van der Waals surface area contributed by atoms with Gasteiger partial charge in [0.2, 0.25) is 0 Å². The molecule has 16 heavy (non-hydrogen) atoms. The third-order valence-electron chi connectivity index (χ3n) is 3.10. The molecular formula is C10H13N3O2S. The summed E-state index contributed by atoms with van der Waals surface area (Å²) in [6.07, 6.45) is 0.775. The molecule has 1 saturated heterocycles. The van der Waals surface area contributed by atoms with Crippen molar-refractivity contribution in [2.45, 2.75) is 19.0 Å². The molecule has 0 amide bonds. The molecule has 3 heterocycles. The summed E-state index contributed by atoms with van der Waals surface area (Å²) in [7, 11) is 0. The summed E-state index contributed by atoms with van der Waals surface area (Å²) in [6.45, 7) is 1.54. The molecule has 0 radical (unpaired) electrons. The summed E-state index contributed by atoms with van der Waals surface area (Å²) >= 11 is 1.84. The van der Waals surface area contributed by atoms with Gasteiger partial charge >= 0.3 is 5.97 Å². The average Bonchev–Trinajstić information content (AvgIpc) is 2.53. The predicted molar refractivity (Wildman–Crippen MR) is 61.0 cm³/mol. The Balaban J connectivity index is 2.08. The number of aromatic carboxylic acids is 1. The highest BCUT2D eigenvalue weighted by atomic mass is 32.2. The number of carboxylic acids is 1. The van der Waals surface area contributed by atoms with Crippen molar-refractivity contribution >= 4 is 17.7 Å². The Bertz CT molecular complexity index is 440. The van der Waals surface area contributed by atoms with E-state index < -0.39 is 5.97 Å². The van der Waals surface area contributed by atoms with Gasteiger partial charge in [-0.15, -0.1) is 0 Å².